The lowest BCUT2D eigenvalue weighted by molar-refractivity contribution is -0.117. The van der Waals surface area contributed by atoms with Crippen molar-refractivity contribution >= 4 is 40.8 Å². The molecule has 4 heterocycles. The third-order valence-electron chi connectivity index (χ3n) is 7.38. The van der Waals surface area contributed by atoms with Gasteiger partial charge in [0.05, 0.1) is 0 Å². The number of nitrogens with one attached hydrogen (secondary N) is 3. The van der Waals surface area contributed by atoms with Gasteiger partial charge in [-0.2, -0.15) is 5.10 Å². The van der Waals surface area contributed by atoms with Crippen LogP contribution < -0.4 is 15.5 Å². The second-order valence-electron chi connectivity index (χ2n) is 10.3. The highest BCUT2D eigenvalue weighted by atomic mass is 32.2. The zero-order chi connectivity index (χ0) is 25.2. The molecule has 194 valence electrons. The van der Waals surface area contributed by atoms with Crippen LogP contribution in [0.3, 0.4) is 0 Å². The summed E-state index contributed by atoms with van der Waals surface area (Å²) in [5.41, 5.74) is 1.82. The summed E-state index contributed by atoms with van der Waals surface area (Å²) < 4.78 is 0. The number of carbonyl (C=O) groups excluding carboxylic acids is 1. The SMILES string of the molecule is Cc1cc(Nc2cc(N3CCC(N4CCCC4)CC3)nc(Sc3ccc(NC(=O)C4CC4)cc3)n2)n[nH]1. The lowest BCUT2D eigenvalue weighted by Gasteiger charge is -2.37. The number of aryl methyl sites for hydroxylation is 1. The van der Waals surface area contributed by atoms with E-state index in [1.807, 2.05) is 43.3 Å². The first-order chi connectivity index (χ1) is 18.1. The third-order valence-corrected chi connectivity index (χ3v) is 8.25. The van der Waals surface area contributed by atoms with Crippen LogP contribution in [0.4, 0.5) is 23.1 Å². The van der Waals surface area contributed by atoms with E-state index < -0.39 is 0 Å². The highest BCUT2D eigenvalue weighted by Gasteiger charge is 2.30. The van der Waals surface area contributed by atoms with Crippen LogP contribution in [0.25, 0.3) is 0 Å². The van der Waals surface area contributed by atoms with Crippen molar-refractivity contribution in [1.29, 1.82) is 0 Å². The predicted molar refractivity (Wildman–Crippen MR) is 147 cm³/mol. The van der Waals surface area contributed by atoms with Gasteiger partial charge in [0, 0.05) is 53.5 Å². The largest absolute Gasteiger partial charge is 0.356 e. The number of hydrogen-bond acceptors (Lipinski definition) is 8. The summed E-state index contributed by atoms with van der Waals surface area (Å²) in [7, 11) is 0. The van der Waals surface area contributed by atoms with Crippen LogP contribution in [-0.4, -0.2) is 63.2 Å². The minimum absolute atomic E-state index is 0.120. The molecule has 0 atom stereocenters. The Morgan fingerprint density at radius 2 is 1.73 bits per heavy atom. The normalized spacial score (nSPS) is 18.8. The molecule has 1 aromatic carbocycles. The van der Waals surface area contributed by atoms with Crippen LogP contribution in [0.15, 0.2) is 46.5 Å². The molecule has 1 aliphatic carbocycles. The molecule has 3 N–H and O–H groups in total. The van der Waals surface area contributed by atoms with E-state index in [4.69, 9.17) is 9.97 Å². The van der Waals surface area contributed by atoms with E-state index in [1.54, 1.807) is 0 Å². The fourth-order valence-electron chi connectivity index (χ4n) is 5.17. The number of anilines is 4. The van der Waals surface area contributed by atoms with E-state index in [9.17, 15) is 4.79 Å². The average Bonchev–Trinajstić information content (AvgIpc) is 3.47. The summed E-state index contributed by atoms with van der Waals surface area (Å²) in [6.07, 6.45) is 7.00. The molecule has 37 heavy (non-hydrogen) atoms. The number of rotatable bonds is 8. The van der Waals surface area contributed by atoms with Gasteiger partial charge < -0.3 is 20.4 Å². The van der Waals surface area contributed by atoms with Crippen molar-refractivity contribution in [2.75, 3.05) is 41.7 Å². The van der Waals surface area contributed by atoms with Crippen molar-refractivity contribution in [2.45, 2.75) is 61.5 Å². The molecule has 0 bridgehead atoms. The Bertz CT molecular complexity index is 1230. The molecule has 9 nitrogen and oxygen atoms in total. The predicted octanol–water partition coefficient (Wildman–Crippen LogP) is 4.82. The van der Waals surface area contributed by atoms with Gasteiger partial charge in [0.1, 0.15) is 11.6 Å². The van der Waals surface area contributed by atoms with Gasteiger partial charge in [-0.1, -0.05) is 0 Å². The van der Waals surface area contributed by atoms with Gasteiger partial charge in [-0.25, -0.2) is 9.97 Å². The number of hydrogen-bond donors (Lipinski definition) is 3. The first-order valence-electron chi connectivity index (χ1n) is 13.3. The topological polar surface area (TPSA) is 102 Å². The quantitative estimate of drug-likeness (QED) is 0.365. The molecule has 3 aliphatic rings. The monoisotopic (exact) mass is 518 g/mol. The molecule has 0 radical (unpaired) electrons. The zero-order valence-corrected chi connectivity index (χ0v) is 22.1. The van der Waals surface area contributed by atoms with Gasteiger partial charge in [-0.3, -0.25) is 9.89 Å². The summed E-state index contributed by atoms with van der Waals surface area (Å²) in [6, 6.07) is 12.6. The van der Waals surface area contributed by atoms with Crippen LogP contribution in [0.2, 0.25) is 0 Å². The Balaban J connectivity index is 1.18. The van der Waals surface area contributed by atoms with E-state index in [0.717, 1.165) is 59.7 Å². The van der Waals surface area contributed by atoms with Gasteiger partial charge in [-0.05, 0) is 94.6 Å². The minimum atomic E-state index is 0.120. The molecular formula is C27H34N8OS. The van der Waals surface area contributed by atoms with Crippen LogP contribution in [0.5, 0.6) is 0 Å². The van der Waals surface area contributed by atoms with Crippen molar-refractivity contribution in [3.63, 3.8) is 0 Å². The fraction of sp³-hybridized carbons (Fsp3) is 0.481. The van der Waals surface area contributed by atoms with E-state index in [2.05, 4.69) is 30.6 Å². The lowest BCUT2D eigenvalue weighted by Crippen LogP contribution is -2.44. The Morgan fingerprint density at radius 3 is 2.41 bits per heavy atom. The van der Waals surface area contributed by atoms with Crippen molar-refractivity contribution in [3.05, 3.63) is 42.1 Å². The molecule has 10 heteroatoms. The summed E-state index contributed by atoms with van der Waals surface area (Å²) in [4.78, 5) is 27.9. The Hall–Kier alpha value is -3.11. The minimum Gasteiger partial charge on any atom is -0.356 e. The lowest BCUT2D eigenvalue weighted by atomic mass is 10.0. The number of aromatic amines is 1. The molecule has 3 aromatic rings. The van der Waals surface area contributed by atoms with E-state index in [1.165, 1.54) is 50.5 Å². The first-order valence-corrected chi connectivity index (χ1v) is 14.2. The number of amides is 1. The second kappa shape index (κ2) is 10.7. The number of nitrogens with zero attached hydrogens (tertiary/aromatic N) is 5. The third kappa shape index (κ3) is 6.07. The molecule has 2 aromatic heterocycles. The first kappa shape index (κ1) is 24.2. The highest BCUT2D eigenvalue weighted by molar-refractivity contribution is 7.99. The number of likely N-dealkylation sites (tertiary alicyclic amines) is 1. The maximum absolute atomic E-state index is 12.1. The number of aromatic nitrogens is 4. The highest BCUT2D eigenvalue weighted by Crippen LogP contribution is 2.33. The Labute approximate surface area is 221 Å². The maximum Gasteiger partial charge on any atom is 0.227 e. The zero-order valence-electron chi connectivity index (χ0n) is 21.2. The van der Waals surface area contributed by atoms with Gasteiger partial charge in [0.15, 0.2) is 11.0 Å². The van der Waals surface area contributed by atoms with Gasteiger partial charge in [0.2, 0.25) is 5.91 Å². The van der Waals surface area contributed by atoms with E-state index in [0.29, 0.717) is 11.2 Å². The standard InChI is InChI=1S/C27H34N8OS/c1-18-16-24(33-32-18)29-23-17-25(35-14-10-21(11-15-35)34-12-2-3-13-34)31-27(30-23)37-22-8-6-20(7-9-22)28-26(36)19-4-5-19/h6-9,16-17,19,21H,2-5,10-15H2,1H3,(H,28,36)(H2,29,30,31,32,33). The molecule has 0 spiro atoms. The molecule has 2 saturated heterocycles. The average molecular weight is 519 g/mol. The Morgan fingerprint density at radius 1 is 0.973 bits per heavy atom. The summed E-state index contributed by atoms with van der Waals surface area (Å²) >= 11 is 1.52. The van der Waals surface area contributed by atoms with Gasteiger partial charge in [-0.15, -0.1) is 0 Å². The smallest absolute Gasteiger partial charge is 0.227 e. The molecule has 1 amide bonds. The van der Waals surface area contributed by atoms with E-state index in [-0.39, 0.29) is 11.8 Å². The molecule has 3 fully saturated rings. The van der Waals surface area contributed by atoms with Crippen LogP contribution in [-0.2, 0) is 4.79 Å². The van der Waals surface area contributed by atoms with Crippen LogP contribution in [0.1, 0.15) is 44.2 Å². The molecule has 0 unspecified atom stereocenters. The van der Waals surface area contributed by atoms with E-state index >= 15 is 0 Å². The van der Waals surface area contributed by atoms with Crippen molar-refractivity contribution in [2.24, 2.45) is 5.92 Å². The fourth-order valence-corrected chi connectivity index (χ4v) is 5.93. The van der Waals surface area contributed by atoms with Crippen molar-refractivity contribution < 1.29 is 4.79 Å². The van der Waals surface area contributed by atoms with Gasteiger partial charge >= 0.3 is 0 Å². The van der Waals surface area contributed by atoms with Crippen molar-refractivity contribution in [1.82, 2.24) is 25.1 Å². The molecular weight excluding hydrogens is 484 g/mol. The molecule has 2 aliphatic heterocycles. The Kier molecular flexibility index (Phi) is 7.01. The van der Waals surface area contributed by atoms with Crippen molar-refractivity contribution in [3.8, 4) is 0 Å². The summed E-state index contributed by atoms with van der Waals surface area (Å²) in [5, 5.41) is 14.3. The second-order valence-corrected chi connectivity index (χ2v) is 11.3. The number of piperidine rings is 1. The number of carbonyl (C=O) groups is 1. The number of H-pyrrole nitrogens is 1. The van der Waals surface area contributed by atoms with Crippen LogP contribution in [0, 0.1) is 12.8 Å². The van der Waals surface area contributed by atoms with Crippen LogP contribution >= 0.6 is 11.8 Å². The maximum atomic E-state index is 12.1. The summed E-state index contributed by atoms with van der Waals surface area (Å²) in [6.45, 7) is 6.47. The molecule has 6 rings (SSSR count). The molecule has 1 saturated carbocycles. The number of benzene rings is 1. The van der Waals surface area contributed by atoms with Gasteiger partial charge in [0.25, 0.3) is 0 Å². The summed E-state index contributed by atoms with van der Waals surface area (Å²) in [5.74, 6) is 2.72.